The highest BCUT2D eigenvalue weighted by molar-refractivity contribution is 6.31. The summed E-state index contributed by atoms with van der Waals surface area (Å²) in [5.41, 5.74) is 1.80. The minimum absolute atomic E-state index is 0.0550. The fourth-order valence-corrected chi connectivity index (χ4v) is 4.05. The van der Waals surface area contributed by atoms with Crippen molar-refractivity contribution in [3.05, 3.63) is 53.1 Å². The van der Waals surface area contributed by atoms with Crippen LogP contribution in [0.1, 0.15) is 18.9 Å². The first-order valence-corrected chi connectivity index (χ1v) is 8.73. The Kier molecular flexibility index (Phi) is 4.02. The summed E-state index contributed by atoms with van der Waals surface area (Å²) >= 11 is 6.53. The fourth-order valence-electron chi connectivity index (χ4n) is 3.70. The van der Waals surface area contributed by atoms with Gasteiger partial charge in [0.2, 0.25) is 0 Å². The van der Waals surface area contributed by atoms with Crippen LogP contribution in [0.4, 0.5) is 4.39 Å². The van der Waals surface area contributed by atoms with Crippen molar-refractivity contribution in [1.29, 1.82) is 0 Å². The number of benzene rings is 1. The lowest BCUT2D eigenvalue weighted by Crippen LogP contribution is -2.46. The number of halogens is 2. The average molecular weight is 360 g/mol. The van der Waals surface area contributed by atoms with Crippen molar-refractivity contribution < 1.29 is 9.50 Å². The van der Waals surface area contributed by atoms with Gasteiger partial charge in [0, 0.05) is 35.4 Å². The number of nitrogens with zero attached hydrogens (tertiary/aromatic N) is 1. The molecule has 0 amide bonds. The lowest BCUT2D eigenvalue weighted by Gasteiger charge is -2.39. The first-order chi connectivity index (χ1) is 12.0. The van der Waals surface area contributed by atoms with Crippen LogP contribution in [0.2, 0.25) is 5.02 Å². The molecule has 1 aromatic carbocycles. The van der Waals surface area contributed by atoms with Crippen molar-refractivity contribution in [3.8, 4) is 11.1 Å². The molecule has 1 aliphatic heterocycles. The Hall–Kier alpha value is -1.95. The first kappa shape index (κ1) is 16.5. The zero-order chi connectivity index (χ0) is 17.6. The fraction of sp³-hybridized carbons (Fsp3) is 0.316. The molecule has 130 valence electrons. The van der Waals surface area contributed by atoms with Gasteiger partial charge >= 0.3 is 0 Å². The topological polar surface area (TPSA) is 60.9 Å². The Morgan fingerprint density at radius 2 is 2.20 bits per heavy atom. The molecule has 3 heterocycles. The minimum Gasteiger partial charge on any atom is -0.385 e. The number of nitrogens with one attached hydrogen (secondary N) is 2. The van der Waals surface area contributed by atoms with Gasteiger partial charge in [-0.1, -0.05) is 30.7 Å². The summed E-state index contributed by atoms with van der Waals surface area (Å²) in [4.78, 5) is 6.97. The number of pyridine rings is 1. The number of rotatable bonds is 2. The van der Waals surface area contributed by atoms with E-state index in [1.54, 1.807) is 18.3 Å². The van der Waals surface area contributed by atoms with Crippen molar-refractivity contribution in [2.24, 2.45) is 5.92 Å². The third-order valence-electron chi connectivity index (χ3n) is 5.22. The van der Waals surface area contributed by atoms with E-state index in [2.05, 4.69) is 15.3 Å². The minimum atomic E-state index is -0.951. The Bertz CT molecular complexity index is 942. The molecule has 6 heteroatoms. The van der Waals surface area contributed by atoms with E-state index >= 15 is 0 Å². The Morgan fingerprint density at radius 1 is 1.36 bits per heavy atom. The maximum absolute atomic E-state index is 14.1. The molecule has 0 radical (unpaired) electrons. The molecule has 2 aromatic heterocycles. The normalized spacial score (nSPS) is 23.9. The van der Waals surface area contributed by atoms with Crippen LogP contribution in [0.3, 0.4) is 0 Å². The number of H-pyrrole nitrogens is 1. The summed E-state index contributed by atoms with van der Waals surface area (Å²) in [5, 5.41) is 15.4. The number of fused-ring (bicyclic) bond motifs is 1. The van der Waals surface area contributed by atoms with Crippen LogP contribution in [0, 0.1) is 11.7 Å². The number of aromatic amines is 1. The molecule has 1 aliphatic rings. The summed E-state index contributed by atoms with van der Waals surface area (Å²) in [6.45, 7) is 3.50. The zero-order valence-corrected chi connectivity index (χ0v) is 14.6. The van der Waals surface area contributed by atoms with Crippen molar-refractivity contribution in [2.45, 2.75) is 18.9 Å². The van der Waals surface area contributed by atoms with Gasteiger partial charge in [0.25, 0.3) is 0 Å². The molecule has 2 atom stereocenters. The molecule has 0 spiro atoms. The third kappa shape index (κ3) is 2.63. The molecule has 3 aromatic rings. The van der Waals surface area contributed by atoms with Crippen LogP contribution in [-0.2, 0) is 5.60 Å². The number of aromatic nitrogens is 2. The second-order valence-corrected chi connectivity index (χ2v) is 7.10. The Labute approximate surface area is 150 Å². The van der Waals surface area contributed by atoms with Crippen molar-refractivity contribution >= 4 is 22.6 Å². The highest BCUT2D eigenvalue weighted by atomic mass is 35.5. The summed E-state index contributed by atoms with van der Waals surface area (Å²) in [6, 6.07) is 7.31. The molecule has 25 heavy (non-hydrogen) atoms. The van der Waals surface area contributed by atoms with E-state index in [0.717, 1.165) is 29.8 Å². The number of aliphatic hydroxyl groups is 1. The second kappa shape index (κ2) is 6.09. The van der Waals surface area contributed by atoms with Crippen LogP contribution in [0.5, 0.6) is 0 Å². The average Bonchev–Trinajstić information content (AvgIpc) is 2.99. The lowest BCUT2D eigenvalue weighted by atomic mass is 9.77. The van der Waals surface area contributed by atoms with Crippen LogP contribution in [0.15, 0.2) is 36.7 Å². The highest BCUT2D eigenvalue weighted by Gasteiger charge is 2.39. The van der Waals surface area contributed by atoms with Crippen LogP contribution in [-0.4, -0.2) is 28.2 Å². The molecule has 1 saturated heterocycles. The van der Waals surface area contributed by atoms with Crippen LogP contribution in [0.25, 0.3) is 22.2 Å². The Morgan fingerprint density at radius 3 is 2.96 bits per heavy atom. The summed E-state index contributed by atoms with van der Waals surface area (Å²) in [6.07, 6.45) is 3.55. The van der Waals surface area contributed by atoms with E-state index in [-0.39, 0.29) is 11.7 Å². The quantitative estimate of drug-likeness (QED) is 0.651. The van der Waals surface area contributed by atoms with Gasteiger partial charge < -0.3 is 15.4 Å². The first-order valence-electron chi connectivity index (χ1n) is 8.36. The predicted octanol–water partition coefficient (Wildman–Crippen LogP) is 3.84. The zero-order valence-electron chi connectivity index (χ0n) is 13.8. The smallest absolute Gasteiger partial charge is 0.150 e. The van der Waals surface area contributed by atoms with Gasteiger partial charge in [-0.25, -0.2) is 9.37 Å². The van der Waals surface area contributed by atoms with Gasteiger partial charge in [-0.3, -0.25) is 0 Å². The van der Waals surface area contributed by atoms with Gasteiger partial charge in [0.05, 0.1) is 11.0 Å². The van der Waals surface area contributed by atoms with E-state index in [9.17, 15) is 9.50 Å². The van der Waals surface area contributed by atoms with E-state index in [4.69, 9.17) is 11.6 Å². The van der Waals surface area contributed by atoms with Gasteiger partial charge in [0.15, 0.2) is 5.82 Å². The van der Waals surface area contributed by atoms with Crippen LogP contribution < -0.4 is 5.32 Å². The SMILES string of the molecule is CC1CNCCC1(O)c1ccc(-c2ccnc3[nH]cc(F)c23)cc1Cl. The van der Waals surface area contributed by atoms with E-state index in [0.29, 0.717) is 22.5 Å². The van der Waals surface area contributed by atoms with Gasteiger partial charge in [-0.05, 0) is 36.2 Å². The predicted molar refractivity (Wildman–Crippen MR) is 97.0 cm³/mol. The molecule has 0 saturated carbocycles. The van der Waals surface area contributed by atoms with E-state index < -0.39 is 5.60 Å². The number of hydrogen-bond donors (Lipinski definition) is 3. The molecule has 0 aliphatic carbocycles. The van der Waals surface area contributed by atoms with Gasteiger partial charge in [-0.2, -0.15) is 0 Å². The van der Waals surface area contributed by atoms with E-state index in [1.807, 2.05) is 19.1 Å². The van der Waals surface area contributed by atoms with Crippen molar-refractivity contribution in [2.75, 3.05) is 13.1 Å². The lowest BCUT2D eigenvalue weighted by molar-refractivity contribution is -0.0391. The van der Waals surface area contributed by atoms with Crippen LogP contribution >= 0.6 is 11.6 Å². The number of piperidine rings is 1. The molecule has 4 rings (SSSR count). The number of hydrogen-bond acceptors (Lipinski definition) is 3. The highest BCUT2D eigenvalue weighted by Crippen LogP contribution is 2.40. The summed E-state index contributed by atoms with van der Waals surface area (Å²) < 4.78 is 14.1. The maximum atomic E-state index is 14.1. The van der Waals surface area contributed by atoms with Gasteiger partial charge in [0.1, 0.15) is 5.65 Å². The van der Waals surface area contributed by atoms with Crippen molar-refractivity contribution in [3.63, 3.8) is 0 Å². The molecular weight excluding hydrogens is 341 g/mol. The largest absolute Gasteiger partial charge is 0.385 e. The third-order valence-corrected chi connectivity index (χ3v) is 5.53. The molecule has 0 bridgehead atoms. The molecule has 2 unspecified atom stereocenters. The second-order valence-electron chi connectivity index (χ2n) is 6.69. The monoisotopic (exact) mass is 359 g/mol. The van der Waals surface area contributed by atoms with Crippen molar-refractivity contribution in [1.82, 2.24) is 15.3 Å². The standard InChI is InChI=1S/C19H19ClFN3O/c1-11-9-22-7-5-19(11,25)14-3-2-12(8-15(14)20)13-4-6-23-18-17(13)16(21)10-24-18/h2-4,6,8,10-11,22,25H,5,7,9H2,1H3,(H,23,24). The van der Waals surface area contributed by atoms with Gasteiger partial charge in [-0.15, -0.1) is 0 Å². The van der Waals surface area contributed by atoms with E-state index in [1.165, 1.54) is 6.20 Å². The maximum Gasteiger partial charge on any atom is 0.150 e. The molecule has 3 N–H and O–H groups in total. The summed E-state index contributed by atoms with van der Waals surface area (Å²) in [7, 11) is 0. The Balaban J connectivity index is 1.81. The molecule has 4 nitrogen and oxygen atoms in total. The molecular formula is C19H19ClFN3O. The summed E-state index contributed by atoms with van der Waals surface area (Å²) in [5.74, 6) is -0.289. The molecule has 1 fully saturated rings.